The van der Waals surface area contributed by atoms with Crippen molar-refractivity contribution in [1.82, 2.24) is 10.3 Å². The molecule has 0 aliphatic rings. The molecule has 4 heteroatoms. The molecule has 2 aromatic heterocycles. The molecule has 1 unspecified atom stereocenters. The summed E-state index contributed by atoms with van der Waals surface area (Å²) in [7, 11) is 0. The molecule has 0 amide bonds. The first-order valence-corrected chi connectivity index (χ1v) is 7.92. The summed E-state index contributed by atoms with van der Waals surface area (Å²) in [6.45, 7) is 3.08. The summed E-state index contributed by atoms with van der Waals surface area (Å²) in [6, 6.07) is 11.2. The van der Waals surface area contributed by atoms with Crippen LogP contribution < -0.4 is 5.32 Å². The average Bonchev–Trinajstić information content (AvgIpc) is 2.91. The SMILES string of the molecule is CCCNC(c1cccnc1)c1cc2cc(F)ccc2s1. The highest BCUT2D eigenvalue weighted by Crippen LogP contribution is 2.33. The lowest BCUT2D eigenvalue weighted by molar-refractivity contribution is 0.604. The van der Waals surface area contributed by atoms with Crippen LogP contribution in [0.2, 0.25) is 0 Å². The lowest BCUT2D eigenvalue weighted by Gasteiger charge is -2.17. The number of aromatic nitrogens is 1. The minimum atomic E-state index is -0.189. The van der Waals surface area contributed by atoms with E-state index in [1.54, 1.807) is 23.6 Å². The quantitative estimate of drug-likeness (QED) is 0.749. The van der Waals surface area contributed by atoms with Crippen molar-refractivity contribution in [2.24, 2.45) is 0 Å². The summed E-state index contributed by atoms with van der Waals surface area (Å²) >= 11 is 1.70. The predicted molar refractivity (Wildman–Crippen MR) is 86.2 cm³/mol. The van der Waals surface area contributed by atoms with Gasteiger partial charge >= 0.3 is 0 Å². The van der Waals surface area contributed by atoms with Gasteiger partial charge in [-0.05, 0) is 54.2 Å². The van der Waals surface area contributed by atoms with Crippen LogP contribution in [0.25, 0.3) is 10.1 Å². The molecule has 2 nitrogen and oxygen atoms in total. The van der Waals surface area contributed by atoms with E-state index in [1.807, 2.05) is 18.3 Å². The van der Waals surface area contributed by atoms with Crippen molar-refractivity contribution in [3.8, 4) is 0 Å². The highest BCUT2D eigenvalue weighted by atomic mass is 32.1. The molecule has 0 spiro atoms. The van der Waals surface area contributed by atoms with Gasteiger partial charge in [0.1, 0.15) is 5.82 Å². The molecule has 0 aliphatic heterocycles. The number of hydrogen-bond donors (Lipinski definition) is 1. The summed E-state index contributed by atoms with van der Waals surface area (Å²) < 4.78 is 14.5. The van der Waals surface area contributed by atoms with Gasteiger partial charge in [0.2, 0.25) is 0 Å². The Hall–Kier alpha value is -1.78. The van der Waals surface area contributed by atoms with E-state index in [4.69, 9.17) is 0 Å². The zero-order valence-electron chi connectivity index (χ0n) is 11.8. The molecule has 21 heavy (non-hydrogen) atoms. The van der Waals surface area contributed by atoms with E-state index < -0.39 is 0 Å². The molecular formula is C17H17FN2S. The Kier molecular flexibility index (Phi) is 4.27. The average molecular weight is 300 g/mol. The lowest BCUT2D eigenvalue weighted by atomic mass is 10.1. The maximum Gasteiger partial charge on any atom is 0.123 e. The summed E-state index contributed by atoms with van der Waals surface area (Å²) in [4.78, 5) is 5.40. The monoisotopic (exact) mass is 300 g/mol. The molecule has 0 fully saturated rings. The van der Waals surface area contributed by atoms with Crippen LogP contribution in [0.5, 0.6) is 0 Å². The number of nitrogens with one attached hydrogen (secondary N) is 1. The van der Waals surface area contributed by atoms with E-state index in [9.17, 15) is 4.39 Å². The second-order valence-corrected chi connectivity index (χ2v) is 6.12. The zero-order chi connectivity index (χ0) is 14.7. The molecule has 0 bridgehead atoms. The van der Waals surface area contributed by atoms with E-state index in [0.29, 0.717) is 0 Å². The Balaban J connectivity index is 2.01. The van der Waals surface area contributed by atoms with Crippen LogP contribution in [0.1, 0.15) is 29.8 Å². The number of halogens is 1. The fourth-order valence-corrected chi connectivity index (χ4v) is 3.54. The van der Waals surface area contributed by atoms with Gasteiger partial charge in [-0.15, -0.1) is 11.3 Å². The number of hydrogen-bond acceptors (Lipinski definition) is 3. The van der Waals surface area contributed by atoms with Crippen LogP contribution in [-0.4, -0.2) is 11.5 Å². The molecule has 1 aromatic carbocycles. The second-order valence-electron chi connectivity index (χ2n) is 5.00. The van der Waals surface area contributed by atoms with E-state index in [0.717, 1.165) is 28.6 Å². The van der Waals surface area contributed by atoms with Crippen molar-refractivity contribution in [3.63, 3.8) is 0 Å². The van der Waals surface area contributed by atoms with Crippen LogP contribution in [0.3, 0.4) is 0 Å². The molecule has 108 valence electrons. The maximum absolute atomic E-state index is 13.4. The minimum absolute atomic E-state index is 0.110. The van der Waals surface area contributed by atoms with Crippen LogP contribution in [0.4, 0.5) is 4.39 Å². The zero-order valence-corrected chi connectivity index (χ0v) is 12.7. The Labute approximate surface area is 127 Å². The maximum atomic E-state index is 13.4. The molecule has 3 rings (SSSR count). The Morgan fingerprint density at radius 1 is 1.29 bits per heavy atom. The summed E-state index contributed by atoms with van der Waals surface area (Å²) in [5, 5.41) is 4.51. The van der Waals surface area contributed by atoms with E-state index in [2.05, 4.69) is 29.4 Å². The Morgan fingerprint density at radius 2 is 2.19 bits per heavy atom. The third-order valence-corrected chi connectivity index (χ3v) is 4.58. The smallest absolute Gasteiger partial charge is 0.123 e. The largest absolute Gasteiger partial charge is 0.306 e. The number of nitrogens with zero attached hydrogens (tertiary/aromatic N) is 1. The van der Waals surface area contributed by atoms with Gasteiger partial charge in [0, 0.05) is 22.0 Å². The molecule has 1 atom stereocenters. The van der Waals surface area contributed by atoms with Gasteiger partial charge in [-0.2, -0.15) is 0 Å². The molecule has 0 aliphatic carbocycles. The number of fused-ring (bicyclic) bond motifs is 1. The number of thiophene rings is 1. The normalized spacial score (nSPS) is 12.7. The van der Waals surface area contributed by atoms with Crippen LogP contribution in [0.15, 0.2) is 48.8 Å². The predicted octanol–water partition coefficient (Wildman–Crippen LogP) is 4.52. The van der Waals surface area contributed by atoms with Gasteiger partial charge in [-0.1, -0.05) is 13.0 Å². The van der Waals surface area contributed by atoms with Crippen molar-refractivity contribution < 1.29 is 4.39 Å². The first kappa shape index (κ1) is 14.2. The highest BCUT2D eigenvalue weighted by molar-refractivity contribution is 7.19. The Bertz CT molecular complexity index is 724. The van der Waals surface area contributed by atoms with Gasteiger partial charge in [0.25, 0.3) is 0 Å². The molecular weight excluding hydrogens is 283 g/mol. The van der Waals surface area contributed by atoms with Gasteiger partial charge in [0.15, 0.2) is 0 Å². The van der Waals surface area contributed by atoms with Gasteiger partial charge < -0.3 is 5.32 Å². The first-order chi connectivity index (χ1) is 10.3. The number of benzene rings is 1. The standard InChI is InChI=1S/C17H17FN2S/c1-2-7-20-17(12-4-3-8-19-11-12)16-10-13-9-14(18)5-6-15(13)21-16/h3-6,8-11,17,20H,2,7H2,1H3. The van der Waals surface area contributed by atoms with E-state index in [-0.39, 0.29) is 11.9 Å². The van der Waals surface area contributed by atoms with Crippen LogP contribution in [-0.2, 0) is 0 Å². The summed E-state index contributed by atoms with van der Waals surface area (Å²) in [5.74, 6) is -0.189. The van der Waals surface area contributed by atoms with E-state index >= 15 is 0 Å². The van der Waals surface area contributed by atoms with Crippen LogP contribution in [0, 0.1) is 5.82 Å². The fraction of sp³-hybridized carbons (Fsp3) is 0.235. The molecule has 1 N–H and O–H groups in total. The Morgan fingerprint density at radius 3 is 2.95 bits per heavy atom. The first-order valence-electron chi connectivity index (χ1n) is 7.10. The van der Waals surface area contributed by atoms with Gasteiger partial charge in [-0.3, -0.25) is 4.98 Å². The summed E-state index contributed by atoms with van der Waals surface area (Å²) in [5.41, 5.74) is 1.14. The molecule has 0 saturated heterocycles. The summed E-state index contributed by atoms with van der Waals surface area (Å²) in [6.07, 6.45) is 4.73. The molecule has 0 radical (unpaired) electrons. The number of pyridine rings is 1. The highest BCUT2D eigenvalue weighted by Gasteiger charge is 2.16. The van der Waals surface area contributed by atoms with Crippen molar-refractivity contribution >= 4 is 21.4 Å². The van der Waals surface area contributed by atoms with Crippen molar-refractivity contribution in [2.45, 2.75) is 19.4 Å². The molecule has 3 aromatic rings. The van der Waals surface area contributed by atoms with Crippen molar-refractivity contribution in [1.29, 1.82) is 0 Å². The van der Waals surface area contributed by atoms with Crippen molar-refractivity contribution in [3.05, 3.63) is 65.0 Å². The molecule has 2 heterocycles. The fourth-order valence-electron chi connectivity index (χ4n) is 2.40. The third-order valence-electron chi connectivity index (χ3n) is 3.40. The van der Waals surface area contributed by atoms with E-state index in [1.165, 1.54) is 10.9 Å². The topological polar surface area (TPSA) is 24.9 Å². The number of rotatable bonds is 5. The molecule has 0 saturated carbocycles. The third kappa shape index (κ3) is 3.12. The van der Waals surface area contributed by atoms with Crippen molar-refractivity contribution in [2.75, 3.05) is 6.54 Å². The minimum Gasteiger partial charge on any atom is -0.306 e. The van der Waals surface area contributed by atoms with Gasteiger partial charge in [-0.25, -0.2) is 4.39 Å². The van der Waals surface area contributed by atoms with Crippen LogP contribution >= 0.6 is 11.3 Å². The lowest BCUT2D eigenvalue weighted by Crippen LogP contribution is -2.22. The van der Waals surface area contributed by atoms with Gasteiger partial charge in [0.05, 0.1) is 6.04 Å². The second kappa shape index (κ2) is 6.33.